The summed E-state index contributed by atoms with van der Waals surface area (Å²) in [5.74, 6) is -0.428. The predicted octanol–water partition coefficient (Wildman–Crippen LogP) is 0.122. The fourth-order valence-electron chi connectivity index (χ4n) is 2.03. The molecule has 2 heterocycles. The van der Waals surface area contributed by atoms with Crippen molar-refractivity contribution in [3.8, 4) is 0 Å². The second-order valence-electron chi connectivity index (χ2n) is 4.43. The maximum absolute atomic E-state index is 12.3. The Bertz CT molecular complexity index is 471. The van der Waals surface area contributed by atoms with E-state index in [1.54, 1.807) is 11.8 Å². The topological polar surface area (TPSA) is 84.5 Å². The van der Waals surface area contributed by atoms with Crippen molar-refractivity contribution in [1.82, 2.24) is 15.1 Å². The van der Waals surface area contributed by atoms with Crippen LogP contribution in [0.25, 0.3) is 0 Å². The van der Waals surface area contributed by atoms with E-state index in [1.165, 1.54) is 13.3 Å². The Labute approximate surface area is 110 Å². The molecule has 1 fully saturated rings. The number of morpholine rings is 1. The third kappa shape index (κ3) is 3.11. The van der Waals surface area contributed by atoms with Crippen LogP contribution in [-0.4, -0.2) is 59.9 Å². The second kappa shape index (κ2) is 5.83. The number of aryl methyl sites for hydroxylation is 1. The van der Waals surface area contributed by atoms with Gasteiger partial charge in [0.1, 0.15) is 0 Å². The van der Waals surface area contributed by atoms with Crippen LogP contribution in [0.3, 0.4) is 0 Å². The minimum atomic E-state index is -0.334. The third-order valence-electron chi connectivity index (χ3n) is 3.11. The minimum Gasteiger partial charge on any atom is -0.469 e. The van der Waals surface area contributed by atoms with Gasteiger partial charge in [0.05, 0.1) is 38.0 Å². The third-order valence-corrected chi connectivity index (χ3v) is 3.11. The van der Waals surface area contributed by atoms with Gasteiger partial charge in [-0.1, -0.05) is 0 Å². The lowest BCUT2D eigenvalue weighted by molar-refractivity contribution is -0.145. The van der Waals surface area contributed by atoms with Crippen LogP contribution in [0.4, 0.5) is 0 Å². The Balaban J connectivity index is 1.99. The largest absolute Gasteiger partial charge is 0.469 e. The van der Waals surface area contributed by atoms with Gasteiger partial charge >= 0.3 is 5.97 Å². The first kappa shape index (κ1) is 13.5. The lowest BCUT2D eigenvalue weighted by Crippen LogP contribution is -2.46. The molecule has 1 aromatic rings. The van der Waals surface area contributed by atoms with Crippen molar-refractivity contribution in [3.05, 3.63) is 17.5 Å². The number of nitrogens with one attached hydrogen (secondary N) is 1. The maximum atomic E-state index is 12.3. The van der Waals surface area contributed by atoms with Crippen molar-refractivity contribution >= 4 is 11.9 Å². The molecule has 0 saturated carbocycles. The molecular formula is C12H17N3O4. The Morgan fingerprint density at radius 1 is 1.63 bits per heavy atom. The van der Waals surface area contributed by atoms with Gasteiger partial charge in [0.15, 0.2) is 0 Å². The summed E-state index contributed by atoms with van der Waals surface area (Å²) in [7, 11) is 1.34. The van der Waals surface area contributed by atoms with Gasteiger partial charge in [-0.2, -0.15) is 5.10 Å². The number of carbonyl (C=O) groups excluding carboxylic acids is 2. The molecule has 1 aromatic heterocycles. The van der Waals surface area contributed by atoms with Crippen LogP contribution >= 0.6 is 0 Å². The summed E-state index contributed by atoms with van der Waals surface area (Å²) in [5.41, 5.74) is 1.29. The van der Waals surface area contributed by atoms with Crippen LogP contribution in [0.15, 0.2) is 6.20 Å². The highest BCUT2D eigenvalue weighted by molar-refractivity contribution is 5.95. The van der Waals surface area contributed by atoms with Crippen molar-refractivity contribution < 1.29 is 19.1 Å². The molecule has 1 N–H and O–H groups in total. The summed E-state index contributed by atoms with van der Waals surface area (Å²) in [4.78, 5) is 25.2. The van der Waals surface area contributed by atoms with E-state index in [4.69, 9.17) is 4.74 Å². The number of nitrogens with zero attached hydrogens (tertiary/aromatic N) is 2. The first-order valence-electron chi connectivity index (χ1n) is 6.09. The number of hydrogen-bond acceptors (Lipinski definition) is 5. The molecular weight excluding hydrogens is 250 g/mol. The minimum absolute atomic E-state index is 0.0931. The maximum Gasteiger partial charge on any atom is 0.308 e. The highest BCUT2D eigenvalue weighted by atomic mass is 16.5. The molecule has 19 heavy (non-hydrogen) atoms. The van der Waals surface area contributed by atoms with Crippen molar-refractivity contribution in [1.29, 1.82) is 0 Å². The number of ether oxygens (including phenoxy) is 2. The normalized spacial score (nSPS) is 19.3. The van der Waals surface area contributed by atoms with Gasteiger partial charge in [-0.25, -0.2) is 0 Å². The van der Waals surface area contributed by atoms with E-state index in [2.05, 4.69) is 14.9 Å². The molecule has 7 nitrogen and oxygen atoms in total. The first-order valence-corrected chi connectivity index (χ1v) is 6.09. The number of H-pyrrole nitrogens is 1. The summed E-state index contributed by atoms with van der Waals surface area (Å²) in [5, 5.41) is 6.58. The van der Waals surface area contributed by atoms with Crippen LogP contribution < -0.4 is 0 Å². The Hall–Kier alpha value is -1.89. The number of aromatic nitrogens is 2. The number of methoxy groups -OCH3 is 1. The van der Waals surface area contributed by atoms with E-state index < -0.39 is 0 Å². The highest BCUT2D eigenvalue weighted by Crippen LogP contribution is 2.14. The molecule has 1 saturated heterocycles. The van der Waals surface area contributed by atoms with Crippen molar-refractivity contribution in [2.75, 3.05) is 26.8 Å². The van der Waals surface area contributed by atoms with Gasteiger partial charge in [-0.3, -0.25) is 14.7 Å². The van der Waals surface area contributed by atoms with E-state index in [0.717, 1.165) is 5.69 Å². The molecule has 1 amide bonds. The molecule has 2 rings (SSSR count). The number of esters is 1. The van der Waals surface area contributed by atoms with E-state index in [1.807, 2.05) is 0 Å². The molecule has 7 heteroatoms. The van der Waals surface area contributed by atoms with E-state index in [9.17, 15) is 9.59 Å². The molecule has 1 atom stereocenters. The Morgan fingerprint density at radius 2 is 2.42 bits per heavy atom. The van der Waals surface area contributed by atoms with Gasteiger partial charge in [-0.05, 0) is 6.92 Å². The summed E-state index contributed by atoms with van der Waals surface area (Å²) >= 11 is 0. The van der Waals surface area contributed by atoms with Crippen molar-refractivity contribution in [3.63, 3.8) is 0 Å². The van der Waals surface area contributed by atoms with Crippen LogP contribution in [0.2, 0.25) is 0 Å². The second-order valence-corrected chi connectivity index (χ2v) is 4.43. The number of carbonyl (C=O) groups is 2. The highest BCUT2D eigenvalue weighted by Gasteiger charge is 2.28. The van der Waals surface area contributed by atoms with Gasteiger partial charge in [0.2, 0.25) is 0 Å². The molecule has 0 aromatic carbocycles. The van der Waals surface area contributed by atoms with Gasteiger partial charge in [0.25, 0.3) is 5.91 Å². The predicted molar refractivity (Wildman–Crippen MR) is 65.6 cm³/mol. The van der Waals surface area contributed by atoms with E-state index in [-0.39, 0.29) is 24.4 Å². The van der Waals surface area contributed by atoms with Crippen molar-refractivity contribution in [2.45, 2.75) is 19.4 Å². The number of aromatic amines is 1. The fourth-order valence-corrected chi connectivity index (χ4v) is 2.03. The molecule has 1 unspecified atom stereocenters. The summed E-state index contributed by atoms with van der Waals surface area (Å²) in [6.45, 7) is 3.12. The first-order chi connectivity index (χ1) is 9.11. The Morgan fingerprint density at radius 3 is 3.05 bits per heavy atom. The number of amides is 1. The average molecular weight is 267 g/mol. The van der Waals surface area contributed by atoms with E-state index in [0.29, 0.717) is 25.3 Å². The fraction of sp³-hybridized carbons (Fsp3) is 0.583. The summed E-state index contributed by atoms with van der Waals surface area (Å²) < 4.78 is 10.1. The summed E-state index contributed by atoms with van der Waals surface area (Å²) in [6.07, 6.45) is 1.37. The lowest BCUT2D eigenvalue weighted by atomic mass is 10.1. The number of hydrogen-bond donors (Lipinski definition) is 1. The van der Waals surface area contributed by atoms with Crippen LogP contribution in [0, 0.1) is 6.92 Å². The quantitative estimate of drug-likeness (QED) is 0.786. The average Bonchev–Trinajstić information content (AvgIpc) is 2.84. The molecule has 0 spiro atoms. The monoisotopic (exact) mass is 267 g/mol. The van der Waals surface area contributed by atoms with Crippen molar-refractivity contribution in [2.24, 2.45) is 0 Å². The van der Waals surface area contributed by atoms with Crippen LogP contribution in [-0.2, 0) is 14.3 Å². The number of rotatable bonds is 3. The standard InChI is InChI=1S/C12H17N3O4/c1-8-10(6-13-14-8)12(17)15-3-4-19-9(7-15)5-11(16)18-2/h6,9H,3-5,7H2,1-2H3,(H,13,14). The molecule has 104 valence electrons. The zero-order chi connectivity index (χ0) is 13.8. The SMILES string of the molecule is COC(=O)CC1CN(C(=O)c2cn[nH]c2C)CCO1. The molecule has 1 aliphatic heterocycles. The molecule has 1 aliphatic rings. The lowest BCUT2D eigenvalue weighted by Gasteiger charge is -2.32. The summed E-state index contributed by atoms with van der Waals surface area (Å²) in [6, 6.07) is 0. The zero-order valence-corrected chi connectivity index (χ0v) is 11.0. The van der Waals surface area contributed by atoms with E-state index >= 15 is 0 Å². The Kier molecular flexibility index (Phi) is 4.16. The van der Waals surface area contributed by atoms with Crippen LogP contribution in [0.1, 0.15) is 22.5 Å². The molecule has 0 bridgehead atoms. The molecule has 0 aliphatic carbocycles. The molecule has 0 radical (unpaired) electrons. The van der Waals surface area contributed by atoms with Gasteiger partial charge in [0, 0.05) is 18.8 Å². The smallest absolute Gasteiger partial charge is 0.308 e. The van der Waals surface area contributed by atoms with Gasteiger partial charge < -0.3 is 14.4 Å². The van der Waals surface area contributed by atoms with Crippen LogP contribution in [0.5, 0.6) is 0 Å². The van der Waals surface area contributed by atoms with Gasteiger partial charge in [-0.15, -0.1) is 0 Å². The zero-order valence-electron chi connectivity index (χ0n) is 11.0.